The molecule has 1 aliphatic rings. The Morgan fingerprint density at radius 2 is 1.89 bits per heavy atom. The fraction of sp³-hybridized carbons (Fsp3) is 0.526. The van der Waals surface area contributed by atoms with Crippen LogP contribution in [0.2, 0.25) is 0 Å². The molecular weight excluding hydrogens is 348 g/mol. The largest absolute Gasteiger partial charge is 0.493 e. The van der Waals surface area contributed by atoms with Crippen LogP contribution in [0.3, 0.4) is 0 Å². The SMILES string of the molecule is COc1cc2ncn(CCCC(=O)N3CCC(N)CC3)c(=O)c2cc1OC. The van der Waals surface area contributed by atoms with E-state index in [1.807, 2.05) is 4.90 Å². The first-order chi connectivity index (χ1) is 13.0. The van der Waals surface area contributed by atoms with Crippen LogP contribution in [-0.2, 0) is 11.3 Å². The van der Waals surface area contributed by atoms with Gasteiger partial charge in [-0.05, 0) is 25.3 Å². The highest BCUT2D eigenvalue weighted by atomic mass is 16.5. The van der Waals surface area contributed by atoms with Crippen LogP contribution in [0.5, 0.6) is 11.5 Å². The second kappa shape index (κ2) is 8.39. The summed E-state index contributed by atoms with van der Waals surface area (Å²) in [7, 11) is 3.07. The van der Waals surface area contributed by atoms with Gasteiger partial charge in [0, 0.05) is 38.2 Å². The third kappa shape index (κ3) is 4.21. The normalized spacial score (nSPS) is 15.1. The number of aromatic nitrogens is 2. The number of piperidine rings is 1. The summed E-state index contributed by atoms with van der Waals surface area (Å²) in [4.78, 5) is 31.2. The standard InChI is InChI=1S/C19H26N4O4/c1-26-16-10-14-15(11-17(16)27-2)21-12-23(19(14)25)7-3-4-18(24)22-8-5-13(20)6-9-22/h10-13H,3-9,20H2,1-2H3. The van der Waals surface area contributed by atoms with Crippen molar-refractivity contribution in [2.75, 3.05) is 27.3 Å². The Morgan fingerprint density at radius 3 is 2.56 bits per heavy atom. The number of nitrogens with two attached hydrogens (primary N) is 1. The molecule has 0 atom stereocenters. The van der Waals surface area contributed by atoms with E-state index in [9.17, 15) is 9.59 Å². The average molecular weight is 374 g/mol. The number of fused-ring (bicyclic) bond motifs is 1. The summed E-state index contributed by atoms with van der Waals surface area (Å²) in [6.07, 6.45) is 4.21. The second-order valence-electron chi connectivity index (χ2n) is 6.79. The van der Waals surface area contributed by atoms with Crippen molar-refractivity contribution in [3.8, 4) is 11.5 Å². The fourth-order valence-electron chi connectivity index (χ4n) is 3.35. The summed E-state index contributed by atoms with van der Waals surface area (Å²) in [5, 5.41) is 0.464. The molecule has 0 aliphatic carbocycles. The molecular formula is C19H26N4O4. The number of hydrogen-bond donors (Lipinski definition) is 1. The molecule has 1 aromatic heterocycles. The van der Waals surface area contributed by atoms with Crippen molar-refractivity contribution in [1.29, 1.82) is 0 Å². The summed E-state index contributed by atoms with van der Waals surface area (Å²) >= 11 is 0. The quantitative estimate of drug-likeness (QED) is 0.814. The van der Waals surface area contributed by atoms with Crippen LogP contribution in [0.25, 0.3) is 10.9 Å². The van der Waals surface area contributed by atoms with Crippen molar-refractivity contribution >= 4 is 16.8 Å². The molecule has 8 heteroatoms. The van der Waals surface area contributed by atoms with E-state index >= 15 is 0 Å². The number of carbonyl (C=O) groups excluding carboxylic acids is 1. The molecule has 2 N–H and O–H groups in total. The van der Waals surface area contributed by atoms with Crippen LogP contribution in [0.15, 0.2) is 23.3 Å². The molecule has 0 spiro atoms. The molecule has 2 aromatic rings. The summed E-state index contributed by atoms with van der Waals surface area (Å²) in [6, 6.07) is 3.53. The van der Waals surface area contributed by atoms with Crippen LogP contribution in [0.1, 0.15) is 25.7 Å². The lowest BCUT2D eigenvalue weighted by Gasteiger charge is -2.30. The van der Waals surface area contributed by atoms with Gasteiger partial charge in [0.25, 0.3) is 5.56 Å². The first-order valence-electron chi connectivity index (χ1n) is 9.18. The highest BCUT2D eigenvalue weighted by Gasteiger charge is 2.20. The first-order valence-corrected chi connectivity index (χ1v) is 9.18. The molecule has 0 bridgehead atoms. The third-order valence-electron chi connectivity index (χ3n) is 5.01. The number of nitrogens with zero attached hydrogens (tertiary/aromatic N) is 3. The van der Waals surface area contributed by atoms with E-state index in [-0.39, 0.29) is 17.5 Å². The molecule has 8 nitrogen and oxygen atoms in total. The van der Waals surface area contributed by atoms with Gasteiger partial charge in [-0.15, -0.1) is 0 Å². The van der Waals surface area contributed by atoms with Crippen LogP contribution < -0.4 is 20.8 Å². The van der Waals surface area contributed by atoms with E-state index in [0.29, 0.717) is 41.8 Å². The molecule has 0 radical (unpaired) electrons. The zero-order valence-corrected chi connectivity index (χ0v) is 15.8. The smallest absolute Gasteiger partial charge is 0.261 e. The number of benzene rings is 1. The van der Waals surface area contributed by atoms with Gasteiger partial charge in [-0.2, -0.15) is 0 Å². The molecule has 0 unspecified atom stereocenters. The number of amides is 1. The Hall–Kier alpha value is -2.61. The maximum absolute atomic E-state index is 12.7. The van der Waals surface area contributed by atoms with Gasteiger partial charge in [0.2, 0.25) is 5.91 Å². The van der Waals surface area contributed by atoms with E-state index in [1.165, 1.54) is 25.1 Å². The van der Waals surface area contributed by atoms with E-state index in [4.69, 9.17) is 15.2 Å². The number of hydrogen-bond acceptors (Lipinski definition) is 6. The van der Waals surface area contributed by atoms with Gasteiger partial charge in [-0.3, -0.25) is 14.2 Å². The van der Waals surface area contributed by atoms with Crippen molar-refractivity contribution < 1.29 is 14.3 Å². The Morgan fingerprint density at radius 1 is 1.22 bits per heavy atom. The van der Waals surface area contributed by atoms with Crippen LogP contribution in [0.4, 0.5) is 0 Å². The minimum Gasteiger partial charge on any atom is -0.493 e. The Kier molecular flexibility index (Phi) is 5.95. The predicted molar refractivity (Wildman–Crippen MR) is 102 cm³/mol. The molecule has 1 amide bonds. The minimum atomic E-state index is -0.155. The third-order valence-corrected chi connectivity index (χ3v) is 5.01. The van der Waals surface area contributed by atoms with Crippen LogP contribution in [0, 0.1) is 0 Å². The van der Waals surface area contributed by atoms with Crippen molar-refractivity contribution in [2.24, 2.45) is 5.73 Å². The molecule has 1 saturated heterocycles. The Bertz CT molecular complexity index is 872. The maximum Gasteiger partial charge on any atom is 0.261 e. The summed E-state index contributed by atoms with van der Waals surface area (Å²) in [5.74, 6) is 1.14. The van der Waals surface area contributed by atoms with E-state index < -0.39 is 0 Å². The number of ether oxygens (including phenoxy) is 2. The maximum atomic E-state index is 12.7. The van der Waals surface area contributed by atoms with Crippen molar-refractivity contribution in [3.05, 3.63) is 28.8 Å². The van der Waals surface area contributed by atoms with Crippen LogP contribution >= 0.6 is 0 Å². The number of likely N-dealkylation sites (tertiary alicyclic amines) is 1. The van der Waals surface area contributed by atoms with E-state index in [0.717, 1.165) is 25.9 Å². The molecule has 1 aromatic carbocycles. The highest BCUT2D eigenvalue weighted by molar-refractivity contribution is 5.81. The topological polar surface area (TPSA) is 99.7 Å². The minimum absolute atomic E-state index is 0.120. The molecule has 3 rings (SSSR count). The lowest BCUT2D eigenvalue weighted by atomic mass is 10.1. The first kappa shape index (κ1) is 19.2. The monoisotopic (exact) mass is 374 g/mol. The fourth-order valence-corrected chi connectivity index (χ4v) is 3.35. The summed E-state index contributed by atoms with van der Waals surface area (Å²) in [6.45, 7) is 1.88. The predicted octanol–water partition coefficient (Wildman–Crippen LogP) is 1.14. The van der Waals surface area contributed by atoms with Crippen molar-refractivity contribution in [3.63, 3.8) is 0 Å². The van der Waals surface area contributed by atoms with Crippen molar-refractivity contribution in [1.82, 2.24) is 14.5 Å². The number of aryl methyl sites for hydroxylation is 1. The van der Waals surface area contributed by atoms with Gasteiger partial charge in [-0.1, -0.05) is 0 Å². The molecule has 27 heavy (non-hydrogen) atoms. The number of methoxy groups -OCH3 is 2. The van der Waals surface area contributed by atoms with Crippen molar-refractivity contribution in [2.45, 2.75) is 38.3 Å². The lowest BCUT2D eigenvalue weighted by Crippen LogP contribution is -2.42. The van der Waals surface area contributed by atoms with Gasteiger partial charge in [0.1, 0.15) is 0 Å². The highest BCUT2D eigenvalue weighted by Crippen LogP contribution is 2.29. The van der Waals surface area contributed by atoms with Gasteiger partial charge < -0.3 is 20.1 Å². The zero-order valence-electron chi connectivity index (χ0n) is 15.8. The Balaban J connectivity index is 1.67. The lowest BCUT2D eigenvalue weighted by molar-refractivity contribution is -0.132. The molecule has 146 valence electrons. The van der Waals surface area contributed by atoms with Gasteiger partial charge in [-0.25, -0.2) is 4.98 Å². The molecule has 1 fully saturated rings. The van der Waals surface area contributed by atoms with Gasteiger partial charge >= 0.3 is 0 Å². The molecule has 1 aliphatic heterocycles. The summed E-state index contributed by atoms with van der Waals surface area (Å²) < 4.78 is 12.0. The molecule has 0 saturated carbocycles. The van der Waals surface area contributed by atoms with Gasteiger partial charge in [0.05, 0.1) is 31.4 Å². The average Bonchev–Trinajstić information content (AvgIpc) is 2.69. The van der Waals surface area contributed by atoms with Gasteiger partial charge in [0.15, 0.2) is 11.5 Å². The number of carbonyl (C=O) groups is 1. The van der Waals surface area contributed by atoms with E-state index in [2.05, 4.69) is 4.98 Å². The molecule has 2 heterocycles. The Labute approximate surface area is 157 Å². The second-order valence-corrected chi connectivity index (χ2v) is 6.79. The number of rotatable bonds is 6. The van der Waals surface area contributed by atoms with Crippen LogP contribution in [-0.4, -0.2) is 53.7 Å². The summed E-state index contributed by atoms with van der Waals surface area (Å²) in [5.41, 5.74) is 6.27. The zero-order chi connectivity index (χ0) is 19.4. The van der Waals surface area contributed by atoms with E-state index in [1.54, 1.807) is 12.1 Å².